The van der Waals surface area contributed by atoms with Crippen molar-refractivity contribution in [3.8, 4) is 0 Å². The van der Waals surface area contributed by atoms with E-state index in [9.17, 15) is 0 Å². The van der Waals surface area contributed by atoms with E-state index in [4.69, 9.17) is 0 Å². The van der Waals surface area contributed by atoms with E-state index in [1.807, 2.05) is 0 Å². The summed E-state index contributed by atoms with van der Waals surface area (Å²) in [5.41, 5.74) is 0. The van der Waals surface area contributed by atoms with Gasteiger partial charge in [0.15, 0.2) is 0 Å². The van der Waals surface area contributed by atoms with Crippen molar-refractivity contribution in [3.05, 3.63) is 0 Å². The molecule has 0 unspecified atom stereocenters. The van der Waals surface area contributed by atoms with Crippen LogP contribution in [0.25, 0.3) is 0 Å². The van der Waals surface area contributed by atoms with Crippen molar-refractivity contribution in [1.29, 1.82) is 0 Å². The lowest BCUT2D eigenvalue weighted by molar-refractivity contribution is 0.636. The van der Waals surface area contributed by atoms with Crippen LogP contribution in [0.5, 0.6) is 0 Å². The summed E-state index contributed by atoms with van der Waals surface area (Å²) < 4.78 is 2.25. The maximum atomic E-state index is 4.64. The van der Waals surface area contributed by atoms with Crippen molar-refractivity contribution in [2.24, 2.45) is 10.9 Å². The molecule has 0 bridgehead atoms. The maximum absolute atomic E-state index is 4.64. The first-order valence-electron chi connectivity index (χ1n) is 4.92. The van der Waals surface area contributed by atoms with Gasteiger partial charge in [0.05, 0.1) is 0 Å². The Hall–Kier alpha value is -0.180. The first kappa shape index (κ1) is 12.8. The summed E-state index contributed by atoms with van der Waals surface area (Å²) >= 11 is 1.75. The molecule has 0 heterocycles. The lowest BCUT2D eigenvalue weighted by atomic mass is 10.2. The highest BCUT2D eigenvalue weighted by Gasteiger charge is 2.12. The van der Waals surface area contributed by atoms with Gasteiger partial charge in [-0.15, -0.1) is 0 Å². The van der Waals surface area contributed by atoms with Gasteiger partial charge in [-0.2, -0.15) is 0 Å². The van der Waals surface area contributed by atoms with Crippen molar-refractivity contribution < 1.29 is 0 Å². The molecule has 0 atom stereocenters. The average molecular weight is 202 g/mol. The van der Waals surface area contributed by atoms with Crippen LogP contribution in [0.4, 0.5) is 0 Å². The van der Waals surface area contributed by atoms with Crippen LogP contribution in [-0.2, 0) is 0 Å². The quantitative estimate of drug-likeness (QED) is 0.395. The Morgan fingerprint density at radius 2 is 1.85 bits per heavy atom. The largest absolute Gasteiger partial charge is 0.305 e. The summed E-state index contributed by atoms with van der Waals surface area (Å²) in [6, 6.07) is 0.388. The summed E-state index contributed by atoms with van der Waals surface area (Å²) in [5, 5.41) is 0. The molecule has 0 aliphatic heterocycles. The second kappa shape index (κ2) is 6.30. The van der Waals surface area contributed by atoms with Gasteiger partial charge in [-0.1, -0.05) is 25.8 Å². The third-order valence-electron chi connectivity index (χ3n) is 1.67. The van der Waals surface area contributed by atoms with Crippen molar-refractivity contribution in [3.63, 3.8) is 0 Å². The van der Waals surface area contributed by atoms with Gasteiger partial charge in [0.2, 0.25) is 0 Å². The number of amidine groups is 1. The molecule has 0 aromatic heterocycles. The van der Waals surface area contributed by atoms with Crippen molar-refractivity contribution in [2.75, 3.05) is 12.8 Å². The van der Waals surface area contributed by atoms with E-state index < -0.39 is 0 Å². The van der Waals surface area contributed by atoms with Crippen LogP contribution in [0.3, 0.4) is 0 Å². The zero-order valence-corrected chi connectivity index (χ0v) is 10.5. The van der Waals surface area contributed by atoms with E-state index in [2.05, 4.69) is 50.2 Å². The summed E-state index contributed by atoms with van der Waals surface area (Å²) in [7, 11) is 0. The van der Waals surface area contributed by atoms with E-state index in [0.29, 0.717) is 12.0 Å². The number of hydrogen-bond donors (Lipinski definition) is 0. The first-order valence-corrected chi connectivity index (χ1v) is 6.10. The molecule has 0 aromatic carbocycles. The van der Waals surface area contributed by atoms with Crippen LogP contribution in [0.1, 0.15) is 34.6 Å². The Balaban J connectivity index is 4.58. The maximum Gasteiger partial charge on any atom is 0.112 e. The van der Waals surface area contributed by atoms with E-state index in [1.165, 1.54) is 5.84 Å². The topological polar surface area (TPSA) is 15.6 Å². The highest BCUT2D eigenvalue weighted by molar-refractivity contribution is 7.96. The molecule has 0 aliphatic carbocycles. The second-order valence-electron chi connectivity index (χ2n) is 3.61. The summed E-state index contributed by atoms with van der Waals surface area (Å²) in [4.78, 5) is 4.64. The van der Waals surface area contributed by atoms with Gasteiger partial charge in [0.25, 0.3) is 0 Å². The highest BCUT2D eigenvalue weighted by atomic mass is 32.2. The molecule has 0 aromatic rings. The predicted molar refractivity (Wildman–Crippen MR) is 63.3 cm³/mol. The molecule has 13 heavy (non-hydrogen) atoms. The zero-order valence-electron chi connectivity index (χ0n) is 9.66. The Morgan fingerprint density at radius 1 is 1.31 bits per heavy atom. The monoisotopic (exact) mass is 202 g/mol. The van der Waals surface area contributed by atoms with Gasteiger partial charge in [-0.05, 0) is 20.8 Å². The van der Waals surface area contributed by atoms with Gasteiger partial charge >= 0.3 is 0 Å². The molecular formula is C10H22N2S. The van der Waals surface area contributed by atoms with Crippen molar-refractivity contribution in [2.45, 2.75) is 40.7 Å². The Kier molecular flexibility index (Phi) is 6.21. The number of hydrogen-bond acceptors (Lipinski definition) is 2. The van der Waals surface area contributed by atoms with Gasteiger partial charge in [-0.3, -0.25) is 4.99 Å². The molecule has 78 valence electrons. The number of aliphatic imine (C=N–C) groups is 1. The molecule has 0 radical (unpaired) electrons. The van der Waals surface area contributed by atoms with Crippen molar-refractivity contribution in [1.82, 2.24) is 4.31 Å². The summed E-state index contributed by atoms with van der Waals surface area (Å²) in [6.45, 7) is 11.8. The number of rotatable bonds is 4. The van der Waals surface area contributed by atoms with Crippen LogP contribution in [0.2, 0.25) is 0 Å². The van der Waals surface area contributed by atoms with Crippen LogP contribution < -0.4 is 0 Å². The van der Waals surface area contributed by atoms with E-state index in [-0.39, 0.29) is 0 Å². The van der Waals surface area contributed by atoms with Crippen LogP contribution in [0.15, 0.2) is 4.99 Å². The lowest BCUT2D eigenvalue weighted by Crippen LogP contribution is -2.29. The zero-order chi connectivity index (χ0) is 10.4. The van der Waals surface area contributed by atoms with Crippen molar-refractivity contribution >= 4 is 17.8 Å². The van der Waals surface area contributed by atoms with E-state index in [1.54, 1.807) is 11.9 Å². The molecular weight excluding hydrogens is 180 g/mol. The third-order valence-corrected chi connectivity index (χ3v) is 2.56. The fourth-order valence-electron chi connectivity index (χ4n) is 1.15. The normalized spacial score (nSPS) is 12.8. The summed E-state index contributed by atoms with van der Waals surface area (Å²) in [5.74, 6) is 1.72. The molecule has 0 fully saturated rings. The van der Waals surface area contributed by atoms with Gasteiger partial charge < -0.3 is 4.31 Å². The van der Waals surface area contributed by atoms with Gasteiger partial charge in [0, 0.05) is 24.8 Å². The lowest BCUT2D eigenvalue weighted by Gasteiger charge is -2.25. The Labute approximate surface area is 86.9 Å². The second-order valence-corrected chi connectivity index (χ2v) is 4.42. The average Bonchev–Trinajstić information content (AvgIpc) is 2.04. The minimum Gasteiger partial charge on any atom is -0.305 e. The summed E-state index contributed by atoms with van der Waals surface area (Å²) in [6.07, 6.45) is 2.10. The molecule has 2 nitrogen and oxygen atoms in total. The fraction of sp³-hybridized carbons (Fsp3) is 0.900. The van der Waals surface area contributed by atoms with Gasteiger partial charge in [-0.25, -0.2) is 0 Å². The predicted octanol–water partition coefficient (Wildman–Crippen LogP) is 3.05. The highest BCUT2D eigenvalue weighted by Crippen LogP contribution is 2.13. The van der Waals surface area contributed by atoms with E-state index in [0.717, 1.165) is 6.54 Å². The number of nitrogens with zero attached hydrogens (tertiary/aromatic N) is 2. The molecule has 0 amide bonds. The first-order chi connectivity index (χ1) is 6.02. The van der Waals surface area contributed by atoms with Gasteiger partial charge in [0.1, 0.15) is 5.84 Å². The Bertz CT molecular complexity index is 160. The smallest absolute Gasteiger partial charge is 0.112 e. The molecule has 0 saturated heterocycles. The standard InChI is InChI=1S/C10H22N2S/c1-7-12(13-6)10(8(2)3)11-9(4)5/h8-9H,7H2,1-6H3/b11-10-. The SMILES string of the molecule is CCN(SC)/C(=N\C(C)C)C(C)C. The Morgan fingerprint density at radius 3 is 2.08 bits per heavy atom. The molecule has 0 N–H and O–H groups in total. The fourth-order valence-corrected chi connectivity index (χ4v) is 1.85. The van der Waals surface area contributed by atoms with E-state index >= 15 is 0 Å². The third kappa shape index (κ3) is 4.55. The molecule has 0 rings (SSSR count). The van der Waals surface area contributed by atoms with Crippen LogP contribution in [-0.4, -0.2) is 29.0 Å². The molecule has 0 saturated carbocycles. The molecule has 0 aliphatic rings. The minimum atomic E-state index is 0.388. The van der Waals surface area contributed by atoms with Crippen LogP contribution in [0, 0.1) is 5.92 Å². The minimum absolute atomic E-state index is 0.388. The molecule has 3 heteroatoms. The molecule has 0 spiro atoms. The van der Waals surface area contributed by atoms with Crippen LogP contribution >= 0.6 is 11.9 Å².